The number of halogens is 1. The molecule has 0 bridgehead atoms. The molecule has 1 saturated carbocycles. The van der Waals surface area contributed by atoms with Crippen LogP contribution in [0.25, 0.3) is 0 Å². The van der Waals surface area contributed by atoms with Gasteiger partial charge in [0.1, 0.15) is 5.60 Å². The van der Waals surface area contributed by atoms with Crippen LogP contribution in [0.5, 0.6) is 0 Å². The molecule has 1 aliphatic carbocycles. The smallest absolute Gasteiger partial charge is 0.410 e. The van der Waals surface area contributed by atoms with Gasteiger partial charge in [0.25, 0.3) is 0 Å². The topological polar surface area (TPSA) is 66.0 Å². The summed E-state index contributed by atoms with van der Waals surface area (Å²) in [5.74, 6) is 1.33. The van der Waals surface area contributed by atoms with Gasteiger partial charge in [0.2, 0.25) is 0 Å². The Morgan fingerprint density at radius 1 is 1.15 bits per heavy atom. The van der Waals surface area contributed by atoms with Crippen LogP contribution < -0.4 is 10.6 Å². The summed E-state index contributed by atoms with van der Waals surface area (Å²) >= 11 is 0. The van der Waals surface area contributed by atoms with Crippen molar-refractivity contribution in [2.24, 2.45) is 10.9 Å². The number of amides is 1. The number of likely N-dealkylation sites (tertiary alicyclic amines) is 1. The van der Waals surface area contributed by atoms with Crippen molar-refractivity contribution in [2.75, 3.05) is 26.2 Å². The van der Waals surface area contributed by atoms with Gasteiger partial charge >= 0.3 is 6.09 Å². The number of nitrogens with one attached hydrogen (secondary N) is 2. The third-order valence-corrected chi connectivity index (χ3v) is 4.97. The highest BCUT2D eigenvalue weighted by Gasteiger charge is 2.27. The number of carbonyl (C=O) groups excluding carboxylic acids is 1. The molecule has 1 heterocycles. The Hall–Kier alpha value is -0.730. The molecule has 1 unspecified atom stereocenters. The number of nitrogens with zero attached hydrogens (tertiary/aromatic N) is 2. The Kier molecular flexibility index (Phi) is 10.8. The highest BCUT2D eigenvalue weighted by Crippen LogP contribution is 2.20. The minimum atomic E-state index is -0.440. The largest absolute Gasteiger partial charge is 0.444 e. The van der Waals surface area contributed by atoms with Gasteiger partial charge in [-0.15, -0.1) is 24.0 Å². The summed E-state index contributed by atoms with van der Waals surface area (Å²) in [6.07, 6.45) is 8.39. The number of guanidine groups is 1. The number of rotatable bonds is 4. The van der Waals surface area contributed by atoms with Gasteiger partial charge in [-0.25, -0.2) is 4.79 Å². The molecule has 1 aliphatic heterocycles. The minimum absolute atomic E-state index is 0. The second-order valence-electron chi connectivity index (χ2n) is 8.63. The van der Waals surface area contributed by atoms with Crippen molar-refractivity contribution in [1.29, 1.82) is 0 Å². The molecule has 6 nitrogen and oxygen atoms in total. The molecule has 2 fully saturated rings. The molecule has 0 radical (unpaired) electrons. The lowest BCUT2D eigenvalue weighted by atomic mass is 9.96. The van der Waals surface area contributed by atoms with Gasteiger partial charge in [0, 0.05) is 32.2 Å². The molecule has 1 amide bonds. The number of hydrogen-bond acceptors (Lipinski definition) is 3. The highest BCUT2D eigenvalue weighted by molar-refractivity contribution is 14.0. The van der Waals surface area contributed by atoms with Crippen LogP contribution in [0.2, 0.25) is 0 Å². The summed E-state index contributed by atoms with van der Waals surface area (Å²) in [5.41, 5.74) is -0.440. The summed E-state index contributed by atoms with van der Waals surface area (Å²) in [7, 11) is 0. The summed E-state index contributed by atoms with van der Waals surface area (Å²) in [6, 6.07) is 0.547. The fraction of sp³-hybridized carbons (Fsp3) is 0.900. The van der Waals surface area contributed by atoms with Crippen molar-refractivity contribution < 1.29 is 9.53 Å². The molecule has 27 heavy (non-hydrogen) atoms. The van der Waals surface area contributed by atoms with Crippen molar-refractivity contribution in [1.82, 2.24) is 15.5 Å². The lowest BCUT2D eigenvalue weighted by Gasteiger charge is -2.33. The van der Waals surface area contributed by atoms with Gasteiger partial charge < -0.3 is 20.3 Å². The predicted molar refractivity (Wildman–Crippen MR) is 122 cm³/mol. The molecular weight excluding hydrogens is 455 g/mol. The van der Waals surface area contributed by atoms with E-state index in [-0.39, 0.29) is 30.1 Å². The van der Waals surface area contributed by atoms with E-state index in [0.717, 1.165) is 45.0 Å². The van der Waals surface area contributed by atoms with Crippen LogP contribution in [0, 0.1) is 5.92 Å². The van der Waals surface area contributed by atoms with Gasteiger partial charge in [-0.3, -0.25) is 4.99 Å². The molecule has 1 atom stereocenters. The van der Waals surface area contributed by atoms with Crippen LogP contribution in [0.15, 0.2) is 4.99 Å². The average molecular weight is 494 g/mol. The first-order valence-corrected chi connectivity index (χ1v) is 10.4. The molecule has 2 rings (SSSR count). The maximum atomic E-state index is 12.3. The highest BCUT2D eigenvalue weighted by atomic mass is 127. The third-order valence-electron chi connectivity index (χ3n) is 4.97. The SMILES string of the molecule is CCNC(=NCC1CCCN(C(=O)OC(C)(C)C)C1)NC1CCCCC1.I. The number of hydrogen-bond donors (Lipinski definition) is 2. The number of aliphatic imine (C=N–C) groups is 1. The van der Waals surface area contributed by atoms with E-state index in [1.807, 2.05) is 25.7 Å². The summed E-state index contributed by atoms with van der Waals surface area (Å²) in [5, 5.41) is 6.96. The molecular formula is C20H39IN4O2. The minimum Gasteiger partial charge on any atom is -0.444 e. The van der Waals surface area contributed by atoms with Crippen molar-refractivity contribution >= 4 is 36.0 Å². The number of piperidine rings is 1. The molecule has 0 aromatic carbocycles. The first-order valence-electron chi connectivity index (χ1n) is 10.4. The lowest BCUT2D eigenvalue weighted by Crippen LogP contribution is -2.45. The molecule has 2 N–H and O–H groups in total. The van der Waals surface area contributed by atoms with Gasteiger partial charge in [-0.05, 0) is 59.3 Å². The quantitative estimate of drug-likeness (QED) is 0.350. The maximum Gasteiger partial charge on any atom is 0.410 e. The van der Waals surface area contributed by atoms with E-state index in [9.17, 15) is 4.79 Å². The Labute approximate surface area is 182 Å². The Morgan fingerprint density at radius 3 is 2.48 bits per heavy atom. The molecule has 0 aromatic rings. The molecule has 7 heteroatoms. The molecule has 0 spiro atoms. The van der Waals surface area contributed by atoms with Gasteiger partial charge in [0.15, 0.2) is 5.96 Å². The van der Waals surface area contributed by atoms with E-state index in [0.29, 0.717) is 12.0 Å². The Bertz CT molecular complexity index is 473. The van der Waals surface area contributed by atoms with Gasteiger partial charge in [-0.2, -0.15) is 0 Å². The van der Waals surface area contributed by atoms with Crippen LogP contribution in [0.1, 0.15) is 72.6 Å². The third kappa shape index (κ3) is 9.34. The van der Waals surface area contributed by atoms with E-state index in [2.05, 4.69) is 17.6 Å². The van der Waals surface area contributed by atoms with Gasteiger partial charge in [0.05, 0.1) is 0 Å². The predicted octanol–water partition coefficient (Wildman–Crippen LogP) is 4.14. The summed E-state index contributed by atoms with van der Waals surface area (Å²) in [4.78, 5) is 19.0. The zero-order valence-corrected chi connectivity index (χ0v) is 19.9. The Morgan fingerprint density at radius 2 is 1.85 bits per heavy atom. The normalized spacial score (nSPS) is 22.0. The van der Waals surface area contributed by atoms with Crippen LogP contribution in [0.4, 0.5) is 4.79 Å². The van der Waals surface area contributed by atoms with Crippen LogP contribution in [-0.4, -0.2) is 54.8 Å². The molecule has 2 aliphatic rings. The molecule has 158 valence electrons. The second-order valence-corrected chi connectivity index (χ2v) is 8.63. The summed E-state index contributed by atoms with van der Waals surface area (Å²) < 4.78 is 5.52. The van der Waals surface area contributed by atoms with Crippen molar-refractivity contribution in [2.45, 2.75) is 84.3 Å². The molecule has 1 saturated heterocycles. The number of carbonyl (C=O) groups is 1. The van der Waals surface area contributed by atoms with E-state index in [4.69, 9.17) is 9.73 Å². The first kappa shape index (κ1) is 24.3. The number of ether oxygens (including phenoxy) is 1. The lowest BCUT2D eigenvalue weighted by molar-refractivity contribution is 0.0170. The van der Waals surface area contributed by atoms with Crippen LogP contribution >= 0.6 is 24.0 Å². The Balaban J connectivity index is 0.00000364. The van der Waals surface area contributed by atoms with Crippen molar-refractivity contribution in [3.05, 3.63) is 0 Å². The van der Waals surface area contributed by atoms with E-state index >= 15 is 0 Å². The summed E-state index contributed by atoms with van der Waals surface area (Å²) in [6.45, 7) is 11.0. The van der Waals surface area contributed by atoms with Gasteiger partial charge in [-0.1, -0.05) is 19.3 Å². The second kappa shape index (κ2) is 12.0. The fourth-order valence-electron chi connectivity index (χ4n) is 3.69. The van der Waals surface area contributed by atoms with Crippen molar-refractivity contribution in [3.8, 4) is 0 Å². The standard InChI is InChI=1S/C20H38N4O2.HI/c1-5-21-18(23-17-11-7-6-8-12-17)22-14-16-10-9-13-24(15-16)19(25)26-20(2,3)4;/h16-17H,5-15H2,1-4H3,(H2,21,22,23);1H. The average Bonchev–Trinajstić information content (AvgIpc) is 2.59. The van der Waals surface area contributed by atoms with E-state index in [1.165, 1.54) is 32.1 Å². The van der Waals surface area contributed by atoms with E-state index in [1.54, 1.807) is 0 Å². The van der Waals surface area contributed by atoms with E-state index < -0.39 is 5.60 Å². The fourth-order valence-corrected chi connectivity index (χ4v) is 3.69. The molecule has 0 aromatic heterocycles. The zero-order valence-electron chi connectivity index (χ0n) is 17.6. The van der Waals surface area contributed by atoms with Crippen LogP contribution in [-0.2, 0) is 4.74 Å². The maximum absolute atomic E-state index is 12.3. The van der Waals surface area contributed by atoms with Crippen molar-refractivity contribution in [3.63, 3.8) is 0 Å². The zero-order chi connectivity index (χ0) is 19.0. The monoisotopic (exact) mass is 494 g/mol. The first-order chi connectivity index (χ1) is 12.4. The van der Waals surface area contributed by atoms with Crippen LogP contribution in [0.3, 0.4) is 0 Å².